The maximum Gasteiger partial charge on any atom is 0.00645 e. The molecule has 124 valence electrons. The second-order valence-corrected chi connectivity index (χ2v) is 5.85. The van der Waals surface area contributed by atoms with E-state index >= 15 is 0 Å². The first-order chi connectivity index (χ1) is 9.61. The monoisotopic (exact) mass is 510 g/mol. The van der Waals surface area contributed by atoms with Crippen molar-refractivity contribution < 1.29 is 0 Å². The molecule has 0 aliphatic heterocycles. The second-order valence-electron chi connectivity index (χ2n) is 5.85. The SMILES string of the molecule is CI.CI.C[C@@H]1CCCC[C@H]1N.C[C@H]1CCCC[C@@H]1N. The van der Waals surface area contributed by atoms with Crippen LogP contribution in [0.25, 0.3) is 0 Å². The molecule has 2 nitrogen and oxygen atoms in total. The standard InChI is InChI=1S/2C7H15N.2CH3I/c2*1-6-4-2-3-5-7(6)8;2*1-2/h2*6-7H,2-5,8H2,1H3;2*1H3/t2*6-,7-;;/m10../s1. The highest BCUT2D eigenvalue weighted by Crippen LogP contribution is 2.22. The average Bonchev–Trinajstić information content (AvgIpc) is 2.50. The Hall–Kier alpha value is 1.38. The van der Waals surface area contributed by atoms with Crippen molar-refractivity contribution in [3.8, 4) is 0 Å². The largest absolute Gasteiger partial charge is 0.327 e. The molecule has 0 saturated heterocycles. The summed E-state index contributed by atoms with van der Waals surface area (Å²) in [5.41, 5.74) is 11.6. The third kappa shape index (κ3) is 12.0. The number of rotatable bonds is 0. The van der Waals surface area contributed by atoms with Crippen LogP contribution >= 0.6 is 45.2 Å². The van der Waals surface area contributed by atoms with Crippen LogP contribution in [0.5, 0.6) is 0 Å². The zero-order valence-corrected chi connectivity index (χ0v) is 18.2. The number of nitrogens with two attached hydrogens (primary N) is 2. The number of hydrogen-bond donors (Lipinski definition) is 2. The minimum atomic E-state index is 0.503. The first kappa shape index (κ1) is 23.6. The van der Waals surface area contributed by atoms with Crippen molar-refractivity contribution in [3.63, 3.8) is 0 Å². The van der Waals surface area contributed by atoms with Gasteiger partial charge in [0.05, 0.1) is 0 Å². The molecule has 20 heavy (non-hydrogen) atoms. The Labute approximate surface area is 154 Å². The fourth-order valence-corrected chi connectivity index (χ4v) is 2.69. The highest BCUT2D eigenvalue weighted by molar-refractivity contribution is 14.1. The van der Waals surface area contributed by atoms with Gasteiger partial charge in [-0.15, -0.1) is 0 Å². The van der Waals surface area contributed by atoms with E-state index in [1.807, 2.05) is 9.86 Å². The number of hydrogen-bond acceptors (Lipinski definition) is 2. The molecule has 4 heteroatoms. The lowest BCUT2D eigenvalue weighted by molar-refractivity contribution is 0.331. The Balaban J connectivity index is 0. The summed E-state index contributed by atoms with van der Waals surface area (Å²) in [6.45, 7) is 4.51. The van der Waals surface area contributed by atoms with E-state index in [1.165, 1.54) is 51.4 Å². The van der Waals surface area contributed by atoms with Gasteiger partial charge in [0.2, 0.25) is 0 Å². The van der Waals surface area contributed by atoms with Gasteiger partial charge in [-0.1, -0.05) is 84.7 Å². The number of alkyl halides is 2. The molecule has 0 spiro atoms. The van der Waals surface area contributed by atoms with Crippen molar-refractivity contribution in [2.75, 3.05) is 9.86 Å². The summed E-state index contributed by atoms with van der Waals surface area (Å²) < 4.78 is 0. The maximum atomic E-state index is 5.78. The van der Waals surface area contributed by atoms with Crippen LogP contribution in [0.3, 0.4) is 0 Å². The lowest BCUT2D eigenvalue weighted by Crippen LogP contribution is -2.30. The third-order valence-corrected chi connectivity index (χ3v) is 4.36. The van der Waals surface area contributed by atoms with Crippen LogP contribution in [-0.4, -0.2) is 21.9 Å². The fourth-order valence-electron chi connectivity index (χ4n) is 2.69. The van der Waals surface area contributed by atoms with Gasteiger partial charge in [-0.2, -0.15) is 0 Å². The lowest BCUT2D eigenvalue weighted by Gasteiger charge is -2.24. The van der Waals surface area contributed by atoms with Crippen LogP contribution < -0.4 is 11.5 Å². The van der Waals surface area contributed by atoms with E-state index < -0.39 is 0 Å². The summed E-state index contributed by atoms with van der Waals surface area (Å²) in [6.07, 6.45) is 10.7. The van der Waals surface area contributed by atoms with Crippen molar-refractivity contribution in [1.82, 2.24) is 0 Å². The summed E-state index contributed by atoms with van der Waals surface area (Å²) in [4.78, 5) is 3.94. The van der Waals surface area contributed by atoms with Crippen LogP contribution in [0.15, 0.2) is 0 Å². The molecule has 4 atom stereocenters. The predicted octanol–water partition coefficient (Wildman–Crippen LogP) is 5.15. The van der Waals surface area contributed by atoms with Gasteiger partial charge in [0.1, 0.15) is 0 Å². The van der Waals surface area contributed by atoms with Crippen LogP contribution in [0, 0.1) is 11.8 Å². The van der Waals surface area contributed by atoms with Crippen LogP contribution in [-0.2, 0) is 0 Å². The zero-order chi connectivity index (χ0) is 16.0. The Morgan fingerprint density at radius 2 is 0.850 bits per heavy atom. The molecule has 2 fully saturated rings. The molecule has 2 rings (SSSR count). The Kier molecular flexibility index (Phi) is 19.8. The van der Waals surface area contributed by atoms with Gasteiger partial charge in [0.25, 0.3) is 0 Å². The summed E-state index contributed by atoms with van der Waals surface area (Å²) in [5.74, 6) is 1.56. The summed E-state index contributed by atoms with van der Waals surface area (Å²) >= 11 is 4.30. The molecule has 0 aromatic carbocycles. The van der Waals surface area contributed by atoms with Crippen LogP contribution in [0.1, 0.15) is 65.2 Å². The molecule has 0 radical (unpaired) electrons. The van der Waals surface area contributed by atoms with Gasteiger partial charge in [0.15, 0.2) is 0 Å². The normalized spacial score (nSPS) is 32.4. The molecule has 0 aromatic heterocycles. The van der Waals surface area contributed by atoms with Gasteiger partial charge < -0.3 is 11.5 Å². The molecule has 0 amide bonds. The predicted molar refractivity (Wildman–Crippen MR) is 111 cm³/mol. The Bertz CT molecular complexity index is 151. The molecule has 2 aliphatic rings. The van der Waals surface area contributed by atoms with Gasteiger partial charge in [-0.3, -0.25) is 0 Å². The second kappa shape index (κ2) is 16.7. The smallest absolute Gasteiger partial charge is 0.00645 e. The molecule has 0 unspecified atom stereocenters. The topological polar surface area (TPSA) is 52.0 Å². The van der Waals surface area contributed by atoms with Crippen LogP contribution in [0.2, 0.25) is 0 Å². The summed E-state index contributed by atoms with van der Waals surface area (Å²) in [6, 6.07) is 1.01. The molecular weight excluding hydrogens is 474 g/mol. The molecule has 2 saturated carbocycles. The van der Waals surface area contributed by atoms with Crippen LogP contribution in [0.4, 0.5) is 0 Å². The zero-order valence-electron chi connectivity index (χ0n) is 13.9. The summed E-state index contributed by atoms with van der Waals surface area (Å²) in [5, 5.41) is 0. The maximum absolute atomic E-state index is 5.78. The van der Waals surface area contributed by atoms with E-state index in [4.69, 9.17) is 11.5 Å². The van der Waals surface area contributed by atoms with E-state index in [9.17, 15) is 0 Å². The van der Waals surface area contributed by atoms with Gasteiger partial charge in [-0.25, -0.2) is 0 Å². The van der Waals surface area contributed by atoms with Gasteiger partial charge in [0, 0.05) is 12.1 Å². The fraction of sp³-hybridized carbons (Fsp3) is 1.00. The van der Waals surface area contributed by atoms with Gasteiger partial charge >= 0.3 is 0 Å². The molecule has 2 aliphatic carbocycles. The third-order valence-electron chi connectivity index (χ3n) is 4.36. The number of halogens is 2. The highest BCUT2D eigenvalue weighted by atomic mass is 127. The van der Waals surface area contributed by atoms with Gasteiger partial charge in [-0.05, 0) is 47.4 Å². The quantitative estimate of drug-likeness (QED) is 0.350. The molecule has 0 aromatic rings. The first-order valence-corrected chi connectivity index (χ1v) is 12.2. The van der Waals surface area contributed by atoms with E-state index in [-0.39, 0.29) is 0 Å². The Morgan fingerprint density at radius 1 is 0.600 bits per heavy atom. The van der Waals surface area contributed by atoms with Crippen molar-refractivity contribution in [1.29, 1.82) is 0 Å². The van der Waals surface area contributed by atoms with Crippen molar-refractivity contribution >= 4 is 45.2 Å². The first-order valence-electron chi connectivity index (χ1n) is 7.88. The van der Waals surface area contributed by atoms with Crippen molar-refractivity contribution in [2.24, 2.45) is 23.3 Å². The van der Waals surface area contributed by atoms with E-state index in [1.54, 1.807) is 0 Å². The highest BCUT2D eigenvalue weighted by Gasteiger charge is 2.16. The van der Waals surface area contributed by atoms with E-state index in [2.05, 4.69) is 59.0 Å². The lowest BCUT2D eigenvalue weighted by atomic mass is 9.87. The molecule has 0 heterocycles. The minimum Gasteiger partial charge on any atom is -0.327 e. The van der Waals surface area contributed by atoms with E-state index in [0.29, 0.717) is 12.1 Å². The average molecular weight is 510 g/mol. The van der Waals surface area contributed by atoms with E-state index in [0.717, 1.165) is 11.8 Å². The van der Waals surface area contributed by atoms with Crippen molar-refractivity contribution in [2.45, 2.75) is 77.3 Å². The molecule has 4 N–H and O–H groups in total. The molecule has 0 bridgehead atoms. The van der Waals surface area contributed by atoms with Crippen molar-refractivity contribution in [3.05, 3.63) is 0 Å². The molecular formula is C16H36I2N2. The minimum absolute atomic E-state index is 0.503. The summed E-state index contributed by atoms with van der Waals surface area (Å²) in [7, 11) is 0. The Morgan fingerprint density at radius 3 is 1.00 bits per heavy atom.